The molecule has 0 fully saturated rings. The first kappa shape index (κ1) is 12.3. The molecule has 2 N–H and O–H groups in total. The fraction of sp³-hybridized carbons (Fsp3) is 0.455. The Hall–Kier alpha value is -0.740. The van der Waals surface area contributed by atoms with Crippen molar-refractivity contribution in [1.29, 1.82) is 0 Å². The Morgan fingerprint density at radius 3 is 2.60 bits per heavy atom. The third-order valence-electron chi connectivity index (χ3n) is 2.21. The standard InChI is InChI=1S/C11H16FNOS/c1-8(2)15(14)7-10-5-11(12)4-3-9(10)6-13/h3-5,8H,6-7,13H2,1-2H3. The van der Waals surface area contributed by atoms with E-state index < -0.39 is 10.8 Å². The molecule has 0 amide bonds. The highest BCUT2D eigenvalue weighted by molar-refractivity contribution is 7.84. The van der Waals surface area contributed by atoms with Crippen LogP contribution in [0.3, 0.4) is 0 Å². The maximum Gasteiger partial charge on any atom is 0.123 e. The second kappa shape index (κ2) is 5.37. The molecule has 0 aliphatic carbocycles. The molecular formula is C11H16FNOS. The number of benzene rings is 1. The fourth-order valence-corrected chi connectivity index (χ4v) is 2.16. The van der Waals surface area contributed by atoms with Crippen LogP contribution in [0.1, 0.15) is 25.0 Å². The van der Waals surface area contributed by atoms with E-state index in [0.717, 1.165) is 11.1 Å². The van der Waals surface area contributed by atoms with Gasteiger partial charge in [0, 0.05) is 28.3 Å². The Bertz CT molecular complexity index is 366. The average Bonchev–Trinajstić information content (AvgIpc) is 2.18. The normalized spacial score (nSPS) is 13.1. The van der Waals surface area contributed by atoms with Gasteiger partial charge in [-0.25, -0.2) is 4.39 Å². The summed E-state index contributed by atoms with van der Waals surface area (Å²) in [5, 5.41) is 0.0823. The first-order chi connectivity index (χ1) is 7.04. The van der Waals surface area contributed by atoms with Gasteiger partial charge in [-0.15, -0.1) is 0 Å². The zero-order valence-electron chi connectivity index (χ0n) is 9.00. The van der Waals surface area contributed by atoms with Crippen molar-refractivity contribution in [3.8, 4) is 0 Å². The molecule has 0 aliphatic rings. The van der Waals surface area contributed by atoms with E-state index in [0.29, 0.717) is 12.3 Å². The highest BCUT2D eigenvalue weighted by atomic mass is 32.2. The Labute approximate surface area is 92.1 Å². The summed E-state index contributed by atoms with van der Waals surface area (Å²) in [6.07, 6.45) is 0. The zero-order chi connectivity index (χ0) is 11.4. The van der Waals surface area contributed by atoms with Crippen LogP contribution in [0.5, 0.6) is 0 Å². The van der Waals surface area contributed by atoms with Crippen molar-refractivity contribution in [3.63, 3.8) is 0 Å². The molecule has 0 bridgehead atoms. The minimum absolute atomic E-state index is 0.0823. The second-order valence-corrected chi connectivity index (χ2v) is 5.68. The van der Waals surface area contributed by atoms with Crippen molar-refractivity contribution in [2.24, 2.45) is 5.73 Å². The molecule has 0 aliphatic heterocycles. The number of rotatable bonds is 4. The Morgan fingerprint density at radius 2 is 2.07 bits per heavy atom. The maximum absolute atomic E-state index is 13.0. The molecule has 1 atom stereocenters. The van der Waals surface area contributed by atoms with Crippen LogP contribution in [0.25, 0.3) is 0 Å². The van der Waals surface area contributed by atoms with E-state index in [-0.39, 0.29) is 11.1 Å². The van der Waals surface area contributed by atoms with Gasteiger partial charge in [0.1, 0.15) is 5.82 Å². The van der Waals surface area contributed by atoms with Crippen LogP contribution in [0.15, 0.2) is 18.2 Å². The lowest BCUT2D eigenvalue weighted by Crippen LogP contribution is -2.11. The van der Waals surface area contributed by atoms with Crippen LogP contribution in [-0.4, -0.2) is 9.46 Å². The summed E-state index contributed by atoms with van der Waals surface area (Å²) < 4.78 is 24.6. The molecule has 1 aromatic carbocycles. The molecule has 0 saturated carbocycles. The molecule has 0 spiro atoms. The van der Waals surface area contributed by atoms with Gasteiger partial charge in [0.2, 0.25) is 0 Å². The third kappa shape index (κ3) is 3.39. The number of hydrogen-bond donors (Lipinski definition) is 1. The molecule has 1 aromatic rings. The molecule has 15 heavy (non-hydrogen) atoms. The lowest BCUT2D eigenvalue weighted by molar-refractivity contribution is 0.625. The summed E-state index contributed by atoms with van der Waals surface area (Å²) in [4.78, 5) is 0. The number of halogens is 1. The van der Waals surface area contributed by atoms with Gasteiger partial charge in [-0.3, -0.25) is 4.21 Å². The molecular weight excluding hydrogens is 213 g/mol. The second-order valence-electron chi connectivity index (χ2n) is 3.69. The monoisotopic (exact) mass is 229 g/mol. The molecule has 84 valence electrons. The largest absolute Gasteiger partial charge is 0.326 e. The van der Waals surface area contributed by atoms with Crippen LogP contribution >= 0.6 is 0 Å². The van der Waals surface area contributed by atoms with Crippen LogP contribution in [0.4, 0.5) is 4.39 Å². The molecule has 0 heterocycles. The molecule has 0 saturated heterocycles. The van der Waals surface area contributed by atoms with Gasteiger partial charge in [-0.1, -0.05) is 19.9 Å². The van der Waals surface area contributed by atoms with E-state index in [2.05, 4.69) is 0 Å². The summed E-state index contributed by atoms with van der Waals surface area (Å²) in [5.41, 5.74) is 7.15. The Balaban J connectivity index is 2.92. The van der Waals surface area contributed by atoms with Gasteiger partial charge in [-0.05, 0) is 23.3 Å². The molecule has 1 unspecified atom stereocenters. The predicted octanol–water partition coefficient (Wildman–Crippen LogP) is 1.94. The zero-order valence-corrected chi connectivity index (χ0v) is 9.81. The van der Waals surface area contributed by atoms with Crippen molar-refractivity contribution in [1.82, 2.24) is 0 Å². The summed E-state index contributed by atoms with van der Waals surface area (Å²) in [6.45, 7) is 4.12. The van der Waals surface area contributed by atoms with E-state index in [1.165, 1.54) is 12.1 Å². The van der Waals surface area contributed by atoms with Gasteiger partial charge in [-0.2, -0.15) is 0 Å². The Kier molecular flexibility index (Phi) is 4.42. The van der Waals surface area contributed by atoms with E-state index in [4.69, 9.17) is 5.73 Å². The molecule has 2 nitrogen and oxygen atoms in total. The molecule has 0 radical (unpaired) electrons. The summed E-state index contributed by atoms with van der Waals surface area (Å²) in [5.74, 6) is 0.0741. The van der Waals surface area contributed by atoms with E-state index in [1.54, 1.807) is 6.07 Å². The maximum atomic E-state index is 13.0. The topological polar surface area (TPSA) is 43.1 Å². The van der Waals surface area contributed by atoms with Crippen molar-refractivity contribution in [2.75, 3.05) is 0 Å². The van der Waals surface area contributed by atoms with Gasteiger partial charge in [0.15, 0.2) is 0 Å². The van der Waals surface area contributed by atoms with Gasteiger partial charge in [0.05, 0.1) is 0 Å². The van der Waals surface area contributed by atoms with E-state index >= 15 is 0 Å². The molecule has 0 aromatic heterocycles. The minimum atomic E-state index is -0.965. The average molecular weight is 229 g/mol. The summed E-state index contributed by atoms with van der Waals surface area (Å²) >= 11 is 0. The SMILES string of the molecule is CC(C)S(=O)Cc1cc(F)ccc1CN. The minimum Gasteiger partial charge on any atom is -0.326 e. The van der Waals surface area contributed by atoms with E-state index in [1.807, 2.05) is 13.8 Å². The highest BCUT2D eigenvalue weighted by Crippen LogP contribution is 2.14. The third-order valence-corrected chi connectivity index (χ3v) is 3.86. The summed E-state index contributed by atoms with van der Waals surface area (Å²) in [7, 11) is -0.965. The Morgan fingerprint density at radius 1 is 1.40 bits per heavy atom. The van der Waals surface area contributed by atoms with Gasteiger partial charge >= 0.3 is 0 Å². The molecule has 1 rings (SSSR count). The van der Waals surface area contributed by atoms with Crippen LogP contribution in [0.2, 0.25) is 0 Å². The van der Waals surface area contributed by atoms with Crippen LogP contribution < -0.4 is 5.73 Å². The lowest BCUT2D eigenvalue weighted by atomic mass is 10.1. The lowest BCUT2D eigenvalue weighted by Gasteiger charge is -2.09. The smallest absolute Gasteiger partial charge is 0.123 e. The quantitative estimate of drug-likeness (QED) is 0.857. The van der Waals surface area contributed by atoms with Crippen molar-refractivity contribution < 1.29 is 8.60 Å². The van der Waals surface area contributed by atoms with Crippen molar-refractivity contribution in [2.45, 2.75) is 31.4 Å². The highest BCUT2D eigenvalue weighted by Gasteiger charge is 2.10. The van der Waals surface area contributed by atoms with E-state index in [9.17, 15) is 8.60 Å². The predicted molar refractivity (Wildman–Crippen MR) is 61.3 cm³/mol. The molecule has 4 heteroatoms. The fourth-order valence-electron chi connectivity index (χ4n) is 1.25. The van der Waals surface area contributed by atoms with Gasteiger partial charge < -0.3 is 5.73 Å². The first-order valence-corrected chi connectivity index (χ1v) is 6.27. The van der Waals surface area contributed by atoms with Gasteiger partial charge in [0.25, 0.3) is 0 Å². The van der Waals surface area contributed by atoms with Crippen molar-refractivity contribution in [3.05, 3.63) is 35.1 Å². The number of hydrogen-bond acceptors (Lipinski definition) is 2. The number of nitrogens with two attached hydrogens (primary N) is 1. The van der Waals surface area contributed by atoms with Crippen molar-refractivity contribution >= 4 is 10.8 Å². The first-order valence-electron chi connectivity index (χ1n) is 4.89. The summed E-state index contributed by atoms with van der Waals surface area (Å²) in [6, 6.07) is 4.45. The van der Waals surface area contributed by atoms with Crippen LogP contribution in [-0.2, 0) is 23.1 Å². The van der Waals surface area contributed by atoms with Crippen LogP contribution in [0, 0.1) is 5.82 Å².